The molecule has 0 radical (unpaired) electrons. The lowest BCUT2D eigenvalue weighted by atomic mass is 10.3. The molecule has 1 aliphatic rings. The highest BCUT2D eigenvalue weighted by atomic mass is 35.5. The molecule has 2 rings (SSSR count). The highest BCUT2D eigenvalue weighted by Crippen LogP contribution is 2.24. The Balaban J connectivity index is 2.32. The van der Waals surface area contributed by atoms with Crippen molar-refractivity contribution >= 4 is 28.9 Å². The number of pyridine rings is 1. The molecule has 0 fully saturated rings. The summed E-state index contributed by atoms with van der Waals surface area (Å²) in [7, 11) is 0. The number of hydrogen-bond acceptors (Lipinski definition) is 3. The van der Waals surface area contributed by atoms with Gasteiger partial charge in [-0.05, 0) is 13.0 Å². The standard InChI is InChI=1S/C9H9Cl2N3/c1-6-2-3-12-14(6)7-4-8(10)13-9(11)5-7/h2-6,12H,1H3. The zero-order valence-corrected chi connectivity index (χ0v) is 9.05. The molecule has 0 bridgehead atoms. The Morgan fingerprint density at radius 1 is 1.36 bits per heavy atom. The Bertz CT molecular complexity index is 358. The average Bonchev–Trinajstić information content (AvgIpc) is 2.49. The maximum Gasteiger partial charge on any atom is 0.132 e. The number of halogens is 2. The molecule has 0 aliphatic carbocycles. The Labute approximate surface area is 92.3 Å². The van der Waals surface area contributed by atoms with Crippen LogP contribution in [-0.2, 0) is 0 Å². The predicted molar refractivity (Wildman–Crippen MR) is 58.5 cm³/mol. The van der Waals surface area contributed by atoms with Gasteiger partial charge in [0.2, 0.25) is 0 Å². The van der Waals surface area contributed by atoms with Crippen LogP contribution in [0.1, 0.15) is 6.92 Å². The highest BCUT2D eigenvalue weighted by molar-refractivity contribution is 6.32. The normalized spacial score (nSPS) is 19.9. The lowest BCUT2D eigenvalue weighted by Crippen LogP contribution is -2.35. The van der Waals surface area contributed by atoms with Crippen LogP contribution in [0.2, 0.25) is 10.3 Å². The van der Waals surface area contributed by atoms with E-state index in [1.807, 2.05) is 17.3 Å². The first-order valence-corrected chi connectivity index (χ1v) is 4.97. The molecule has 2 heterocycles. The molecule has 1 aromatic heterocycles. The number of hydrazine groups is 1. The Morgan fingerprint density at radius 2 is 2.00 bits per heavy atom. The summed E-state index contributed by atoms with van der Waals surface area (Å²) in [5.41, 5.74) is 3.99. The lowest BCUT2D eigenvalue weighted by Gasteiger charge is -2.23. The van der Waals surface area contributed by atoms with Gasteiger partial charge in [0.1, 0.15) is 10.3 Å². The minimum atomic E-state index is 0.282. The second kappa shape index (κ2) is 3.67. The molecule has 1 aromatic rings. The van der Waals surface area contributed by atoms with E-state index in [1.165, 1.54) is 0 Å². The minimum absolute atomic E-state index is 0.282. The van der Waals surface area contributed by atoms with Crippen molar-refractivity contribution in [2.24, 2.45) is 0 Å². The van der Waals surface area contributed by atoms with E-state index in [4.69, 9.17) is 23.2 Å². The SMILES string of the molecule is CC1C=CNN1c1cc(Cl)nc(Cl)c1. The third-order valence-electron chi connectivity index (χ3n) is 2.02. The van der Waals surface area contributed by atoms with E-state index in [9.17, 15) is 0 Å². The summed E-state index contributed by atoms with van der Waals surface area (Å²) in [5.74, 6) is 0. The number of rotatable bonds is 1. The van der Waals surface area contributed by atoms with E-state index in [1.54, 1.807) is 12.1 Å². The van der Waals surface area contributed by atoms with Crippen molar-refractivity contribution in [3.8, 4) is 0 Å². The molecule has 0 saturated heterocycles. The number of nitrogens with one attached hydrogen (secondary N) is 1. The fraction of sp³-hybridized carbons (Fsp3) is 0.222. The molecule has 0 spiro atoms. The van der Waals surface area contributed by atoms with Gasteiger partial charge in [0.05, 0.1) is 11.7 Å². The van der Waals surface area contributed by atoms with Gasteiger partial charge in [0, 0.05) is 18.3 Å². The summed E-state index contributed by atoms with van der Waals surface area (Å²) in [6.45, 7) is 2.07. The van der Waals surface area contributed by atoms with E-state index in [0.717, 1.165) is 5.69 Å². The van der Waals surface area contributed by atoms with Crippen LogP contribution in [0.5, 0.6) is 0 Å². The molecule has 5 heteroatoms. The van der Waals surface area contributed by atoms with E-state index >= 15 is 0 Å². The second-order valence-corrected chi connectivity index (χ2v) is 3.84. The Hall–Kier alpha value is -0.930. The van der Waals surface area contributed by atoms with Crippen molar-refractivity contribution in [2.75, 3.05) is 5.01 Å². The van der Waals surface area contributed by atoms with Gasteiger partial charge in [-0.25, -0.2) is 4.98 Å². The van der Waals surface area contributed by atoms with E-state index in [2.05, 4.69) is 17.3 Å². The Kier molecular flexibility index (Phi) is 2.52. The fourth-order valence-electron chi connectivity index (χ4n) is 1.37. The molecular weight excluding hydrogens is 221 g/mol. The van der Waals surface area contributed by atoms with Crippen LogP contribution in [0.15, 0.2) is 24.4 Å². The van der Waals surface area contributed by atoms with Crippen LogP contribution in [0.3, 0.4) is 0 Å². The van der Waals surface area contributed by atoms with E-state index in [0.29, 0.717) is 10.3 Å². The second-order valence-electron chi connectivity index (χ2n) is 3.07. The maximum atomic E-state index is 5.81. The number of nitrogens with zero attached hydrogens (tertiary/aromatic N) is 2. The van der Waals surface area contributed by atoms with Crippen LogP contribution in [0, 0.1) is 0 Å². The van der Waals surface area contributed by atoms with Crippen molar-refractivity contribution < 1.29 is 0 Å². The van der Waals surface area contributed by atoms with E-state index in [-0.39, 0.29) is 6.04 Å². The van der Waals surface area contributed by atoms with Crippen LogP contribution < -0.4 is 10.4 Å². The first-order chi connectivity index (χ1) is 6.66. The smallest absolute Gasteiger partial charge is 0.132 e. The van der Waals surface area contributed by atoms with Gasteiger partial charge < -0.3 is 5.43 Å². The number of aromatic nitrogens is 1. The molecule has 3 nitrogen and oxygen atoms in total. The summed E-state index contributed by atoms with van der Waals surface area (Å²) < 4.78 is 0. The van der Waals surface area contributed by atoms with Crippen LogP contribution in [0.4, 0.5) is 5.69 Å². The average molecular weight is 230 g/mol. The van der Waals surface area contributed by atoms with Crippen molar-refractivity contribution in [1.29, 1.82) is 0 Å². The number of anilines is 1. The third kappa shape index (κ3) is 1.79. The van der Waals surface area contributed by atoms with Gasteiger partial charge in [0.15, 0.2) is 0 Å². The van der Waals surface area contributed by atoms with E-state index < -0.39 is 0 Å². The monoisotopic (exact) mass is 229 g/mol. The van der Waals surface area contributed by atoms with Crippen molar-refractivity contribution in [3.05, 3.63) is 34.7 Å². The lowest BCUT2D eigenvalue weighted by molar-refractivity contribution is 0.728. The molecule has 1 atom stereocenters. The van der Waals surface area contributed by atoms with Gasteiger partial charge in [-0.3, -0.25) is 5.01 Å². The van der Waals surface area contributed by atoms with Gasteiger partial charge in [-0.1, -0.05) is 23.2 Å². The number of hydrogen-bond donors (Lipinski definition) is 1. The molecule has 1 unspecified atom stereocenters. The minimum Gasteiger partial charge on any atom is -0.305 e. The van der Waals surface area contributed by atoms with Crippen LogP contribution in [-0.4, -0.2) is 11.0 Å². The summed E-state index contributed by atoms with van der Waals surface area (Å²) in [6, 6.07) is 3.82. The van der Waals surface area contributed by atoms with Crippen molar-refractivity contribution in [3.63, 3.8) is 0 Å². The predicted octanol–water partition coefficient (Wildman–Crippen LogP) is 2.62. The molecule has 0 aromatic carbocycles. The topological polar surface area (TPSA) is 28.2 Å². The largest absolute Gasteiger partial charge is 0.305 e. The molecule has 74 valence electrons. The first-order valence-electron chi connectivity index (χ1n) is 4.22. The van der Waals surface area contributed by atoms with Crippen LogP contribution in [0.25, 0.3) is 0 Å². The van der Waals surface area contributed by atoms with Crippen molar-refractivity contribution in [1.82, 2.24) is 10.4 Å². The first kappa shape index (κ1) is 9.62. The Morgan fingerprint density at radius 3 is 2.50 bits per heavy atom. The molecular formula is C9H9Cl2N3. The molecule has 1 aliphatic heterocycles. The molecule has 14 heavy (non-hydrogen) atoms. The summed E-state index contributed by atoms with van der Waals surface area (Å²) in [6.07, 6.45) is 3.93. The van der Waals surface area contributed by atoms with Gasteiger partial charge in [-0.15, -0.1) is 0 Å². The molecule has 0 saturated carbocycles. The summed E-state index contributed by atoms with van der Waals surface area (Å²) in [4.78, 5) is 3.89. The summed E-state index contributed by atoms with van der Waals surface area (Å²) in [5, 5.41) is 2.75. The van der Waals surface area contributed by atoms with Gasteiger partial charge >= 0.3 is 0 Å². The third-order valence-corrected chi connectivity index (χ3v) is 2.41. The van der Waals surface area contributed by atoms with Crippen molar-refractivity contribution in [2.45, 2.75) is 13.0 Å². The fourth-order valence-corrected chi connectivity index (χ4v) is 1.82. The quantitative estimate of drug-likeness (QED) is 0.751. The zero-order valence-electron chi connectivity index (χ0n) is 7.54. The maximum absolute atomic E-state index is 5.81. The van der Waals surface area contributed by atoms with Gasteiger partial charge in [0.25, 0.3) is 0 Å². The molecule has 1 N–H and O–H groups in total. The van der Waals surface area contributed by atoms with Gasteiger partial charge in [-0.2, -0.15) is 0 Å². The highest BCUT2D eigenvalue weighted by Gasteiger charge is 2.16. The zero-order chi connectivity index (χ0) is 10.1. The summed E-state index contributed by atoms with van der Waals surface area (Å²) >= 11 is 11.6. The molecule has 0 amide bonds. The van der Waals surface area contributed by atoms with Crippen LogP contribution >= 0.6 is 23.2 Å².